The maximum Gasteiger partial charge on any atom is 0.407 e. The van der Waals surface area contributed by atoms with Crippen LogP contribution in [-0.2, 0) is 14.3 Å². The molecule has 8 heteroatoms. The molecule has 118 valence electrons. The number of aliphatic carboxylic acids is 1. The Morgan fingerprint density at radius 2 is 2.24 bits per heavy atom. The summed E-state index contributed by atoms with van der Waals surface area (Å²) in [5, 5.41) is 14.8. The van der Waals surface area contributed by atoms with Crippen molar-refractivity contribution in [2.24, 2.45) is 0 Å². The summed E-state index contributed by atoms with van der Waals surface area (Å²) >= 11 is 0. The van der Waals surface area contributed by atoms with Crippen LogP contribution in [0.5, 0.6) is 0 Å². The summed E-state index contributed by atoms with van der Waals surface area (Å²) in [6.45, 7) is 6.21. The van der Waals surface area contributed by atoms with Gasteiger partial charge in [-0.1, -0.05) is 0 Å². The van der Waals surface area contributed by atoms with Gasteiger partial charge in [0.15, 0.2) is 0 Å². The molecule has 1 fully saturated rings. The zero-order valence-corrected chi connectivity index (χ0v) is 12.4. The summed E-state index contributed by atoms with van der Waals surface area (Å²) in [7, 11) is 0. The first kappa shape index (κ1) is 15.4. The minimum Gasteiger partial charge on any atom is -0.476 e. The molecule has 2 heterocycles. The molecule has 2 atom stereocenters. The van der Waals surface area contributed by atoms with Gasteiger partial charge < -0.3 is 25.2 Å². The molecule has 0 saturated carbocycles. The van der Waals surface area contributed by atoms with Crippen LogP contribution in [0.15, 0.2) is 12.5 Å². The van der Waals surface area contributed by atoms with E-state index in [1.807, 2.05) is 0 Å². The number of amides is 1. The molecule has 0 bridgehead atoms. The van der Waals surface area contributed by atoms with Crippen molar-refractivity contribution < 1.29 is 24.2 Å². The molecule has 0 aromatic heterocycles. The average Bonchev–Trinajstić information content (AvgIpc) is 2.94. The summed E-state index contributed by atoms with van der Waals surface area (Å²) in [5.74, 6) is -2.70. The van der Waals surface area contributed by atoms with Gasteiger partial charge in [-0.15, -0.1) is 0 Å². The predicted molar refractivity (Wildman–Crippen MR) is 73.1 cm³/mol. The Bertz CT molecular complexity index is 449. The molecule has 1 unspecified atom stereocenters. The van der Waals surface area contributed by atoms with Gasteiger partial charge in [0.25, 0.3) is 0 Å². The number of carboxylic acids is 1. The molecule has 1 amide bonds. The fraction of sp³-hybridized carbons (Fsp3) is 0.692. The van der Waals surface area contributed by atoms with Gasteiger partial charge in [-0.25, -0.2) is 14.5 Å². The Balaban J connectivity index is 1.91. The summed E-state index contributed by atoms with van der Waals surface area (Å²) in [6.07, 6.45) is 2.88. The van der Waals surface area contributed by atoms with Crippen LogP contribution >= 0.6 is 0 Å². The van der Waals surface area contributed by atoms with Gasteiger partial charge in [-0.3, -0.25) is 0 Å². The number of rotatable bonds is 3. The molecule has 2 aliphatic heterocycles. The van der Waals surface area contributed by atoms with E-state index >= 15 is 0 Å². The van der Waals surface area contributed by atoms with E-state index in [9.17, 15) is 14.7 Å². The van der Waals surface area contributed by atoms with E-state index in [1.165, 1.54) is 12.5 Å². The fourth-order valence-corrected chi connectivity index (χ4v) is 2.37. The number of carboxylic acid groups (broad SMARTS) is 1. The van der Waals surface area contributed by atoms with Crippen molar-refractivity contribution in [3.8, 4) is 0 Å². The number of carbonyl (C=O) groups excluding carboxylic acids is 1. The van der Waals surface area contributed by atoms with E-state index < -0.39 is 23.5 Å². The Labute approximate surface area is 123 Å². The third kappa shape index (κ3) is 3.38. The van der Waals surface area contributed by atoms with Crippen molar-refractivity contribution in [1.82, 2.24) is 15.5 Å². The van der Waals surface area contributed by atoms with Gasteiger partial charge >= 0.3 is 17.9 Å². The number of nitrogens with zero attached hydrogens (tertiary/aromatic N) is 1. The highest BCUT2D eigenvalue weighted by Gasteiger charge is 2.50. The van der Waals surface area contributed by atoms with Crippen LogP contribution in [0.4, 0.5) is 4.79 Å². The Kier molecular flexibility index (Phi) is 3.99. The molecule has 2 rings (SSSR count). The molecule has 0 aromatic rings. The first-order valence-corrected chi connectivity index (χ1v) is 6.81. The zero-order chi connectivity index (χ0) is 15.7. The second kappa shape index (κ2) is 5.44. The third-order valence-corrected chi connectivity index (χ3v) is 3.23. The van der Waals surface area contributed by atoms with Crippen molar-refractivity contribution >= 4 is 12.1 Å². The van der Waals surface area contributed by atoms with Crippen LogP contribution in [0, 0.1) is 0 Å². The Hall–Kier alpha value is -1.96. The number of hydrogen-bond acceptors (Lipinski definition) is 6. The number of likely N-dealkylation sites (tertiary alicyclic amines) is 1. The molecule has 21 heavy (non-hydrogen) atoms. The van der Waals surface area contributed by atoms with E-state index in [-0.39, 0.29) is 6.04 Å². The number of alkyl carbamates (subject to hydrolysis) is 1. The molecule has 8 nitrogen and oxygen atoms in total. The number of ether oxygens (including phenoxy) is 2. The molecule has 3 N–H and O–H groups in total. The van der Waals surface area contributed by atoms with E-state index in [1.54, 1.807) is 25.7 Å². The van der Waals surface area contributed by atoms with E-state index in [2.05, 4.69) is 10.6 Å². The maximum atomic E-state index is 11.7. The van der Waals surface area contributed by atoms with E-state index in [0.29, 0.717) is 19.5 Å². The number of carbonyl (C=O) groups is 2. The molecule has 0 aliphatic carbocycles. The standard InChI is InChI=1S/C13H21N3O5/c1-12(2,3)21-11(19)15-9-4-6-16(8-9)13(10(17)18)14-5-7-20-13/h5,7,9,14H,4,6,8H2,1-3H3,(H,15,19)(H,17,18)/t9?,13-/m0/s1. The first-order valence-electron chi connectivity index (χ1n) is 6.81. The molecule has 1 saturated heterocycles. The van der Waals surface area contributed by atoms with Gasteiger partial charge in [0.2, 0.25) is 0 Å². The van der Waals surface area contributed by atoms with Gasteiger partial charge in [-0.05, 0) is 27.2 Å². The highest BCUT2D eigenvalue weighted by atomic mass is 16.6. The quantitative estimate of drug-likeness (QED) is 0.694. The lowest BCUT2D eigenvalue weighted by molar-refractivity contribution is -0.183. The lowest BCUT2D eigenvalue weighted by atomic mass is 10.2. The van der Waals surface area contributed by atoms with Gasteiger partial charge in [0.1, 0.15) is 11.9 Å². The first-order chi connectivity index (χ1) is 9.73. The Morgan fingerprint density at radius 1 is 1.52 bits per heavy atom. The topological polar surface area (TPSA) is 100 Å². The molecule has 2 aliphatic rings. The predicted octanol–water partition coefficient (Wildman–Crippen LogP) is 0.415. The summed E-state index contributed by atoms with van der Waals surface area (Å²) < 4.78 is 10.4. The second-order valence-corrected chi connectivity index (χ2v) is 6.09. The van der Waals surface area contributed by atoms with Crippen molar-refractivity contribution in [1.29, 1.82) is 0 Å². The van der Waals surface area contributed by atoms with Crippen LogP contribution in [0.3, 0.4) is 0 Å². The largest absolute Gasteiger partial charge is 0.476 e. The van der Waals surface area contributed by atoms with Crippen molar-refractivity contribution in [2.75, 3.05) is 13.1 Å². The summed E-state index contributed by atoms with van der Waals surface area (Å²) in [6, 6.07) is -0.179. The Morgan fingerprint density at radius 3 is 2.76 bits per heavy atom. The summed E-state index contributed by atoms with van der Waals surface area (Å²) in [5.41, 5.74) is -0.565. The summed E-state index contributed by atoms with van der Waals surface area (Å²) in [4.78, 5) is 24.8. The van der Waals surface area contributed by atoms with Gasteiger partial charge in [0.05, 0.1) is 0 Å². The monoisotopic (exact) mass is 299 g/mol. The smallest absolute Gasteiger partial charge is 0.407 e. The van der Waals surface area contributed by atoms with Gasteiger partial charge in [-0.2, -0.15) is 0 Å². The third-order valence-electron chi connectivity index (χ3n) is 3.23. The highest BCUT2D eigenvalue weighted by Crippen LogP contribution is 2.24. The van der Waals surface area contributed by atoms with Crippen LogP contribution in [0.1, 0.15) is 27.2 Å². The zero-order valence-electron chi connectivity index (χ0n) is 12.4. The van der Waals surface area contributed by atoms with Crippen LogP contribution in [0.2, 0.25) is 0 Å². The molecular formula is C13H21N3O5. The van der Waals surface area contributed by atoms with Crippen molar-refractivity contribution in [3.05, 3.63) is 12.5 Å². The lowest BCUT2D eigenvalue weighted by Gasteiger charge is -2.33. The van der Waals surface area contributed by atoms with E-state index in [4.69, 9.17) is 9.47 Å². The number of hydrogen-bond donors (Lipinski definition) is 3. The van der Waals surface area contributed by atoms with Crippen LogP contribution in [-0.4, -0.2) is 52.7 Å². The van der Waals surface area contributed by atoms with E-state index in [0.717, 1.165) is 0 Å². The minimum atomic E-state index is -1.58. The molecular weight excluding hydrogens is 278 g/mol. The minimum absolute atomic E-state index is 0.179. The lowest BCUT2D eigenvalue weighted by Crippen LogP contribution is -2.61. The fourth-order valence-electron chi connectivity index (χ4n) is 2.37. The van der Waals surface area contributed by atoms with Crippen LogP contribution in [0.25, 0.3) is 0 Å². The second-order valence-electron chi connectivity index (χ2n) is 6.09. The SMILES string of the molecule is CC(C)(C)OC(=O)NC1CCN([C@]2(C(=O)O)NC=CO2)C1. The van der Waals surface area contributed by atoms with Crippen molar-refractivity contribution in [2.45, 2.75) is 44.7 Å². The molecule has 0 radical (unpaired) electrons. The maximum absolute atomic E-state index is 11.7. The van der Waals surface area contributed by atoms with Gasteiger partial charge in [0, 0.05) is 25.3 Å². The van der Waals surface area contributed by atoms with Crippen molar-refractivity contribution in [3.63, 3.8) is 0 Å². The van der Waals surface area contributed by atoms with Crippen LogP contribution < -0.4 is 10.6 Å². The molecule has 0 aromatic carbocycles. The normalized spacial score (nSPS) is 28.8. The molecule has 0 spiro atoms. The number of nitrogens with one attached hydrogen (secondary N) is 2. The highest BCUT2D eigenvalue weighted by molar-refractivity contribution is 5.77. The average molecular weight is 299 g/mol.